The van der Waals surface area contributed by atoms with Crippen LogP contribution in [-0.4, -0.2) is 18.2 Å². The Balaban J connectivity index is 2.67. The topological polar surface area (TPSA) is 50.7 Å². The average molecular weight is 274 g/mol. The molecule has 0 fully saturated rings. The largest absolute Gasteiger partial charge is 0.490 e. The fourth-order valence-electron chi connectivity index (χ4n) is 1.22. The first-order valence-corrected chi connectivity index (χ1v) is 6.53. The van der Waals surface area contributed by atoms with Crippen molar-refractivity contribution in [3.05, 3.63) is 42.5 Å². The van der Waals surface area contributed by atoms with E-state index in [1.54, 1.807) is 30.3 Å². The summed E-state index contributed by atoms with van der Waals surface area (Å²) in [5.41, 5.74) is 3.92. The molecule has 1 N–H and O–H groups in total. The normalized spacial score (nSPS) is 11.9. The van der Waals surface area contributed by atoms with Gasteiger partial charge in [0.1, 0.15) is 12.4 Å². The van der Waals surface area contributed by atoms with E-state index in [0.717, 1.165) is 5.71 Å². The summed E-state index contributed by atoms with van der Waals surface area (Å²) >= 11 is 0. The number of nitrogens with one attached hydrogen (secondary N) is 1. The Kier molecular flexibility index (Phi) is 5.50. The van der Waals surface area contributed by atoms with Crippen molar-refractivity contribution in [2.24, 2.45) is 10.5 Å². The van der Waals surface area contributed by atoms with Crippen molar-refractivity contribution < 1.29 is 9.53 Å². The molecule has 20 heavy (non-hydrogen) atoms. The van der Waals surface area contributed by atoms with E-state index >= 15 is 0 Å². The summed E-state index contributed by atoms with van der Waals surface area (Å²) in [5, 5.41) is 4.12. The molecule has 0 bridgehead atoms. The summed E-state index contributed by atoms with van der Waals surface area (Å²) in [6.07, 6.45) is 1.67. The van der Waals surface area contributed by atoms with Gasteiger partial charge in [0.25, 0.3) is 5.91 Å². The molecule has 0 aliphatic carbocycles. The molecule has 1 rings (SSSR count). The molecule has 0 radical (unpaired) electrons. The quantitative estimate of drug-likeness (QED) is 0.508. The highest BCUT2D eigenvalue weighted by atomic mass is 16.5. The second-order valence-electron chi connectivity index (χ2n) is 5.51. The van der Waals surface area contributed by atoms with E-state index in [2.05, 4.69) is 17.1 Å². The molecule has 0 aliphatic heterocycles. The van der Waals surface area contributed by atoms with E-state index in [9.17, 15) is 4.79 Å². The lowest BCUT2D eigenvalue weighted by atomic mass is 9.91. The maximum Gasteiger partial charge on any atom is 0.271 e. The van der Waals surface area contributed by atoms with Crippen molar-refractivity contribution in [1.29, 1.82) is 0 Å². The van der Waals surface area contributed by atoms with Crippen LogP contribution in [0.5, 0.6) is 5.75 Å². The van der Waals surface area contributed by atoms with Crippen molar-refractivity contribution in [3.63, 3.8) is 0 Å². The molecule has 1 aromatic carbocycles. The Labute approximate surface area is 120 Å². The fraction of sp³-hybridized carbons (Fsp3) is 0.375. The van der Waals surface area contributed by atoms with Gasteiger partial charge in [0, 0.05) is 16.7 Å². The maximum atomic E-state index is 11.9. The van der Waals surface area contributed by atoms with Crippen LogP contribution < -0.4 is 10.2 Å². The Bertz CT molecular complexity index is 496. The molecule has 0 atom stereocenters. The number of hydrogen-bond donors (Lipinski definition) is 1. The number of hydrazone groups is 1. The van der Waals surface area contributed by atoms with Gasteiger partial charge in [-0.05, 0) is 31.2 Å². The molecule has 1 aromatic rings. The zero-order valence-corrected chi connectivity index (χ0v) is 12.6. The minimum absolute atomic E-state index is 0.0599. The van der Waals surface area contributed by atoms with Gasteiger partial charge in [-0.2, -0.15) is 5.10 Å². The van der Waals surface area contributed by atoms with Gasteiger partial charge < -0.3 is 4.74 Å². The summed E-state index contributed by atoms with van der Waals surface area (Å²) in [4.78, 5) is 11.9. The third-order valence-corrected chi connectivity index (χ3v) is 2.89. The molecule has 0 saturated carbocycles. The van der Waals surface area contributed by atoms with Crippen molar-refractivity contribution in [2.75, 3.05) is 6.61 Å². The second kappa shape index (κ2) is 6.89. The van der Waals surface area contributed by atoms with E-state index in [-0.39, 0.29) is 11.3 Å². The van der Waals surface area contributed by atoms with Crippen LogP contribution in [0, 0.1) is 5.41 Å². The fourth-order valence-corrected chi connectivity index (χ4v) is 1.22. The van der Waals surface area contributed by atoms with Crippen molar-refractivity contribution >= 4 is 11.6 Å². The number of benzene rings is 1. The Hall–Kier alpha value is -2.10. The standard InChI is InChI=1S/C16H22N2O2/c1-6-11-20-14-9-7-13(8-10-14)15(19)18-17-12(2)16(3,4)5/h6-10H,1,11H2,2-5H3,(H,18,19)/b17-12+. The molecule has 0 spiro atoms. The second-order valence-corrected chi connectivity index (χ2v) is 5.51. The highest BCUT2D eigenvalue weighted by Gasteiger charge is 2.14. The molecule has 0 heterocycles. The first kappa shape index (κ1) is 16.0. The summed E-state index contributed by atoms with van der Waals surface area (Å²) < 4.78 is 5.36. The first-order valence-electron chi connectivity index (χ1n) is 6.53. The van der Waals surface area contributed by atoms with Crippen LogP contribution >= 0.6 is 0 Å². The first-order chi connectivity index (χ1) is 9.34. The van der Waals surface area contributed by atoms with Crippen LogP contribution in [-0.2, 0) is 0 Å². The number of rotatable bonds is 5. The molecule has 4 heteroatoms. The molecular formula is C16H22N2O2. The minimum Gasteiger partial charge on any atom is -0.490 e. The minimum atomic E-state index is -0.233. The van der Waals surface area contributed by atoms with Gasteiger partial charge in [-0.1, -0.05) is 33.4 Å². The SMILES string of the molecule is C=CCOc1ccc(C(=O)N/N=C(\C)C(C)(C)C)cc1. The van der Waals surface area contributed by atoms with E-state index in [4.69, 9.17) is 4.74 Å². The zero-order valence-electron chi connectivity index (χ0n) is 12.6. The van der Waals surface area contributed by atoms with Gasteiger partial charge in [-0.15, -0.1) is 0 Å². The molecular weight excluding hydrogens is 252 g/mol. The van der Waals surface area contributed by atoms with Gasteiger partial charge in [0.2, 0.25) is 0 Å². The molecule has 0 aromatic heterocycles. The predicted octanol–water partition coefficient (Wildman–Crippen LogP) is 3.40. The summed E-state index contributed by atoms with van der Waals surface area (Å²) in [6.45, 7) is 12.1. The molecule has 0 aliphatic rings. The van der Waals surface area contributed by atoms with E-state index < -0.39 is 0 Å². The highest BCUT2D eigenvalue weighted by Crippen LogP contribution is 2.15. The van der Waals surface area contributed by atoms with Crippen molar-refractivity contribution in [2.45, 2.75) is 27.7 Å². The number of amides is 1. The lowest BCUT2D eigenvalue weighted by molar-refractivity contribution is 0.0954. The molecule has 1 amide bonds. The summed E-state index contributed by atoms with van der Waals surface area (Å²) in [5.74, 6) is 0.472. The lowest BCUT2D eigenvalue weighted by Crippen LogP contribution is -2.24. The van der Waals surface area contributed by atoms with E-state index in [1.165, 1.54) is 0 Å². The lowest BCUT2D eigenvalue weighted by Gasteiger charge is -2.17. The van der Waals surface area contributed by atoms with Crippen molar-refractivity contribution in [3.8, 4) is 5.75 Å². The third kappa shape index (κ3) is 4.88. The molecule has 0 unspecified atom stereocenters. The van der Waals surface area contributed by atoms with E-state index in [0.29, 0.717) is 17.9 Å². The predicted molar refractivity (Wildman–Crippen MR) is 82.2 cm³/mol. The molecule has 4 nitrogen and oxygen atoms in total. The van der Waals surface area contributed by atoms with Crippen LogP contribution in [0.1, 0.15) is 38.1 Å². The van der Waals surface area contributed by atoms with Gasteiger partial charge in [0.15, 0.2) is 0 Å². The number of ether oxygens (including phenoxy) is 1. The average Bonchev–Trinajstić information content (AvgIpc) is 2.41. The van der Waals surface area contributed by atoms with Crippen LogP contribution in [0.2, 0.25) is 0 Å². The van der Waals surface area contributed by atoms with Gasteiger partial charge in [-0.3, -0.25) is 4.79 Å². The Morgan fingerprint density at radius 2 is 1.95 bits per heavy atom. The Morgan fingerprint density at radius 1 is 1.35 bits per heavy atom. The van der Waals surface area contributed by atoms with Crippen LogP contribution in [0.3, 0.4) is 0 Å². The van der Waals surface area contributed by atoms with E-state index in [1.807, 2.05) is 27.7 Å². The zero-order chi connectivity index (χ0) is 15.2. The smallest absolute Gasteiger partial charge is 0.271 e. The van der Waals surface area contributed by atoms with Crippen molar-refractivity contribution in [1.82, 2.24) is 5.43 Å². The third-order valence-electron chi connectivity index (χ3n) is 2.89. The molecule has 108 valence electrons. The number of hydrogen-bond acceptors (Lipinski definition) is 3. The number of carbonyl (C=O) groups excluding carboxylic acids is 1. The van der Waals surface area contributed by atoms with Crippen LogP contribution in [0.4, 0.5) is 0 Å². The van der Waals surface area contributed by atoms with Gasteiger partial charge in [-0.25, -0.2) is 5.43 Å². The van der Waals surface area contributed by atoms with Gasteiger partial charge in [0.05, 0.1) is 0 Å². The molecule has 0 saturated heterocycles. The monoisotopic (exact) mass is 274 g/mol. The Morgan fingerprint density at radius 3 is 2.45 bits per heavy atom. The maximum absolute atomic E-state index is 11.9. The van der Waals surface area contributed by atoms with Crippen LogP contribution in [0.15, 0.2) is 42.0 Å². The number of carbonyl (C=O) groups is 1. The highest BCUT2D eigenvalue weighted by molar-refractivity contribution is 5.95. The number of nitrogens with zero attached hydrogens (tertiary/aromatic N) is 1. The van der Waals surface area contributed by atoms with Crippen LogP contribution in [0.25, 0.3) is 0 Å². The van der Waals surface area contributed by atoms with Gasteiger partial charge >= 0.3 is 0 Å². The summed E-state index contributed by atoms with van der Waals surface area (Å²) in [6, 6.07) is 6.91. The summed E-state index contributed by atoms with van der Waals surface area (Å²) in [7, 11) is 0.